The van der Waals surface area contributed by atoms with Gasteiger partial charge in [0.1, 0.15) is 23.4 Å². The molecule has 0 radical (unpaired) electrons. The van der Waals surface area contributed by atoms with Crippen LogP contribution in [0.25, 0.3) is 0 Å². The molecule has 126 valence electrons. The highest BCUT2D eigenvalue weighted by molar-refractivity contribution is 5.48. The lowest BCUT2D eigenvalue weighted by atomic mass is 10.1. The van der Waals surface area contributed by atoms with Crippen molar-refractivity contribution in [3.8, 4) is 17.2 Å². The molecule has 3 nitrogen and oxygen atoms in total. The fourth-order valence-electron chi connectivity index (χ4n) is 3.05. The first-order valence-corrected chi connectivity index (χ1v) is 8.61. The molecule has 3 aromatic carbocycles. The van der Waals surface area contributed by atoms with Crippen molar-refractivity contribution < 1.29 is 9.47 Å². The topological polar surface area (TPSA) is 30.5 Å². The van der Waals surface area contributed by atoms with Gasteiger partial charge in [-0.25, -0.2) is 0 Å². The summed E-state index contributed by atoms with van der Waals surface area (Å²) >= 11 is 0. The molecule has 0 aromatic heterocycles. The summed E-state index contributed by atoms with van der Waals surface area (Å²) in [7, 11) is 0. The normalized spacial score (nSPS) is 15.3. The minimum Gasteiger partial charge on any atom is -0.490 e. The first kappa shape index (κ1) is 15.6. The predicted octanol–water partition coefficient (Wildman–Crippen LogP) is 5.41. The van der Waals surface area contributed by atoms with Gasteiger partial charge in [-0.3, -0.25) is 0 Å². The summed E-state index contributed by atoms with van der Waals surface area (Å²) in [5.41, 5.74) is 3.64. The van der Waals surface area contributed by atoms with Crippen LogP contribution < -0.4 is 14.8 Å². The fraction of sp³-hybridized carbons (Fsp3) is 0.182. The number of para-hydroxylation sites is 1. The summed E-state index contributed by atoms with van der Waals surface area (Å²) < 4.78 is 11.6. The summed E-state index contributed by atoms with van der Waals surface area (Å²) in [5.74, 6) is 2.71. The average Bonchev–Trinajstić information content (AvgIpc) is 3.01. The third-order valence-electron chi connectivity index (χ3n) is 4.29. The van der Waals surface area contributed by atoms with Gasteiger partial charge in [0.25, 0.3) is 0 Å². The maximum atomic E-state index is 5.81. The molecule has 0 saturated heterocycles. The lowest BCUT2D eigenvalue weighted by molar-refractivity contribution is 0.254. The monoisotopic (exact) mass is 331 g/mol. The summed E-state index contributed by atoms with van der Waals surface area (Å²) in [6.07, 6.45) is 1.28. The van der Waals surface area contributed by atoms with Gasteiger partial charge in [0.2, 0.25) is 0 Å². The Kier molecular flexibility index (Phi) is 4.30. The van der Waals surface area contributed by atoms with Crippen LogP contribution >= 0.6 is 0 Å². The van der Waals surface area contributed by atoms with Crippen molar-refractivity contribution in [3.05, 3.63) is 83.9 Å². The lowest BCUT2D eigenvalue weighted by Gasteiger charge is -2.10. The van der Waals surface area contributed by atoms with Crippen molar-refractivity contribution in [1.82, 2.24) is 0 Å². The van der Waals surface area contributed by atoms with E-state index in [9.17, 15) is 0 Å². The minimum atomic E-state index is 0.287. The first-order chi connectivity index (χ1) is 12.3. The number of hydrogen-bond donors (Lipinski definition) is 1. The molecule has 1 N–H and O–H groups in total. The molecule has 0 saturated carbocycles. The number of anilines is 1. The Balaban J connectivity index is 1.36. The maximum absolute atomic E-state index is 5.81. The molecule has 1 atom stereocenters. The Morgan fingerprint density at radius 1 is 0.960 bits per heavy atom. The van der Waals surface area contributed by atoms with Crippen molar-refractivity contribution >= 4 is 5.69 Å². The standard InChI is InChI=1S/C22H21NO2/c1-16-13-18-14-17(7-12-22(18)24-16)15-23-19-8-10-21(11-9-19)25-20-5-3-2-4-6-20/h2-12,14,16,23H,13,15H2,1H3/t16-/m1/s1. The summed E-state index contributed by atoms with van der Waals surface area (Å²) in [6, 6.07) is 24.3. The first-order valence-electron chi connectivity index (χ1n) is 8.61. The number of rotatable bonds is 5. The van der Waals surface area contributed by atoms with Gasteiger partial charge in [0, 0.05) is 18.7 Å². The van der Waals surface area contributed by atoms with Gasteiger partial charge in [-0.1, -0.05) is 30.3 Å². The smallest absolute Gasteiger partial charge is 0.127 e. The number of nitrogens with one attached hydrogen (secondary N) is 1. The Morgan fingerprint density at radius 3 is 2.52 bits per heavy atom. The molecule has 1 aliphatic rings. The second-order valence-corrected chi connectivity index (χ2v) is 6.37. The molecule has 4 rings (SSSR count). The van der Waals surface area contributed by atoms with Crippen LogP contribution in [-0.2, 0) is 13.0 Å². The second-order valence-electron chi connectivity index (χ2n) is 6.37. The Morgan fingerprint density at radius 2 is 1.72 bits per heavy atom. The van der Waals surface area contributed by atoms with Crippen LogP contribution in [0.4, 0.5) is 5.69 Å². The quantitative estimate of drug-likeness (QED) is 0.677. The summed E-state index contributed by atoms with van der Waals surface area (Å²) in [5, 5.41) is 3.46. The molecule has 3 heteroatoms. The number of benzene rings is 3. The van der Waals surface area contributed by atoms with Crippen molar-refractivity contribution in [2.24, 2.45) is 0 Å². The third kappa shape index (κ3) is 3.77. The zero-order chi connectivity index (χ0) is 17.1. The van der Waals surface area contributed by atoms with E-state index in [4.69, 9.17) is 9.47 Å². The van der Waals surface area contributed by atoms with Crippen LogP contribution in [0.3, 0.4) is 0 Å². The third-order valence-corrected chi connectivity index (χ3v) is 4.29. The molecule has 0 aliphatic carbocycles. The highest BCUT2D eigenvalue weighted by Crippen LogP contribution is 2.29. The Labute approximate surface area is 148 Å². The molecule has 0 bridgehead atoms. The Hall–Kier alpha value is -2.94. The highest BCUT2D eigenvalue weighted by atomic mass is 16.5. The largest absolute Gasteiger partial charge is 0.490 e. The van der Waals surface area contributed by atoms with E-state index < -0.39 is 0 Å². The molecule has 0 fully saturated rings. The summed E-state index contributed by atoms with van der Waals surface area (Å²) in [6.45, 7) is 2.90. The molecule has 1 aliphatic heterocycles. The lowest BCUT2D eigenvalue weighted by Crippen LogP contribution is -2.05. The zero-order valence-electron chi connectivity index (χ0n) is 14.2. The Bertz CT molecular complexity index is 844. The van der Waals surface area contributed by atoms with Crippen molar-refractivity contribution in [2.75, 3.05) is 5.32 Å². The maximum Gasteiger partial charge on any atom is 0.127 e. The van der Waals surface area contributed by atoms with Crippen LogP contribution in [0.2, 0.25) is 0 Å². The van der Waals surface area contributed by atoms with Crippen molar-refractivity contribution in [2.45, 2.75) is 26.0 Å². The molecular weight excluding hydrogens is 310 g/mol. The van der Waals surface area contributed by atoms with E-state index in [0.29, 0.717) is 0 Å². The number of hydrogen-bond acceptors (Lipinski definition) is 3. The van der Waals surface area contributed by atoms with Crippen LogP contribution in [0, 0.1) is 0 Å². The van der Waals surface area contributed by atoms with E-state index in [-0.39, 0.29) is 6.10 Å². The van der Waals surface area contributed by atoms with E-state index in [2.05, 4.69) is 30.4 Å². The zero-order valence-corrected chi connectivity index (χ0v) is 14.2. The van der Waals surface area contributed by atoms with Crippen LogP contribution in [-0.4, -0.2) is 6.10 Å². The number of ether oxygens (including phenoxy) is 2. The van der Waals surface area contributed by atoms with Crippen LogP contribution in [0.15, 0.2) is 72.8 Å². The van der Waals surface area contributed by atoms with Gasteiger partial charge < -0.3 is 14.8 Å². The number of fused-ring (bicyclic) bond motifs is 1. The van der Waals surface area contributed by atoms with E-state index in [0.717, 1.165) is 35.9 Å². The van der Waals surface area contributed by atoms with Crippen molar-refractivity contribution in [3.63, 3.8) is 0 Å². The van der Waals surface area contributed by atoms with Crippen LogP contribution in [0.5, 0.6) is 17.2 Å². The average molecular weight is 331 g/mol. The molecule has 25 heavy (non-hydrogen) atoms. The van der Waals surface area contributed by atoms with E-state index in [1.54, 1.807) is 0 Å². The van der Waals surface area contributed by atoms with Crippen LogP contribution in [0.1, 0.15) is 18.1 Å². The summed E-state index contributed by atoms with van der Waals surface area (Å²) in [4.78, 5) is 0. The van der Waals surface area contributed by atoms with Gasteiger partial charge in [0.05, 0.1) is 0 Å². The van der Waals surface area contributed by atoms with E-state index in [1.807, 2.05) is 54.6 Å². The van der Waals surface area contributed by atoms with E-state index >= 15 is 0 Å². The van der Waals surface area contributed by atoms with Gasteiger partial charge in [0.15, 0.2) is 0 Å². The van der Waals surface area contributed by atoms with E-state index in [1.165, 1.54) is 11.1 Å². The minimum absolute atomic E-state index is 0.287. The fourth-order valence-corrected chi connectivity index (χ4v) is 3.05. The van der Waals surface area contributed by atoms with Gasteiger partial charge in [-0.15, -0.1) is 0 Å². The van der Waals surface area contributed by atoms with Gasteiger partial charge in [-0.2, -0.15) is 0 Å². The van der Waals surface area contributed by atoms with Crippen molar-refractivity contribution in [1.29, 1.82) is 0 Å². The SMILES string of the molecule is C[C@@H]1Cc2cc(CNc3ccc(Oc4ccccc4)cc3)ccc2O1. The molecule has 0 unspecified atom stereocenters. The predicted molar refractivity (Wildman–Crippen MR) is 101 cm³/mol. The molecule has 0 spiro atoms. The molecule has 3 aromatic rings. The van der Waals surface area contributed by atoms with Gasteiger partial charge in [-0.05, 0) is 60.5 Å². The second kappa shape index (κ2) is 6.89. The molecule has 0 amide bonds. The molecular formula is C22H21NO2. The van der Waals surface area contributed by atoms with Gasteiger partial charge >= 0.3 is 0 Å². The highest BCUT2D eigenvalue weighted by Gasteiger charge is 2.18. The molecule has 1 heterocycles.